The quantitative estimate of drug-likeness (QED) is 0.754. The molecular formula is C17H16FN5OS. The number of fused-ring (bicyclic) bond motifs is 1. The fraction of sp³-hybridized carbons (Fsp3) is 0.294. The van der Waals surface area contributed by atoms with Gasteiger partial charge in [0.2, 0.25) is 0 Å². The Bertz CT molecular complexity index is 918. The zero-order valence-corrected chi connectivity index (χ0v) is 14.4. The van der Waals surface area contributed by atoms with Crippen LogP contribution in [0.25, 0.3) is 10.6 Å². The molecule has 128 valence electrons. The number of nitrogens with one attached hydrogen (secondary N) is 2. The summed E-state index contributed by atoms with van der Waals surface area (Å²) in [6, 6.07) is 6.18. The van der Waals surface area contributed by atoms with E-state index in [1.807, 2.05) is 0 Å². The number of amides is 1. The lowest BCUT2D eigenvalue weighted by Crippen LogP contribution is -2.31. The van der Waals surface area contributed by atoms with E-state index in [0.29, 0.717) is 11.4 Å². The molecule has 2 N–H and O–H groups in total. The van der Waals surface area contributed by atoms with Crippen LogP contribution in [0.2, 0.25) is 0 Å². The minimum atomic E-state index is -0.266. The average molecular weight is 357 g/mol. The lowest BCUT2D eigenvalue weighted by Gasteiger charge is -2.21. The number of carbonyl (C=O) groups excluding carboxylic acids is 1. The van der Waals surface area contributed by atoms with Gasteiger partial charge in [-0.05, 0) is 50.5 Å². The molecule has 1 atom stereocenters. The molecule has 1 aliphatic rings. The van der Waals surface area contributed by atoms with Gasteiger partial charge in [0.05, 0.1) is 17.4 Å². The van der Waals surface area contributed by atoms with E-state index >= 15 is 0 Å². The first-order valence-corrected chi connectivity index (χ1v) is 8.87. The monoisotopic (exact) mass is 357 g/mol. The van der Waals surface area contributed by atoms with Crippen molar-refractivity contribution in [2.45, 2.75) is 32.2 Å². The molecule has 0 spiro atoms. The second-order valence-electron chi connectivity index (χ2n) is 6.01. The Labute approximate surface area is 147 Å². The van der Waals surface area contributed by atoms with Gasteiger partial charge in [0.25, 0.3) is 5.91 Å². The minimum absolute atomic E-state index is 0.141. The summed E-state index contributed by atoms with van der Waals surface area (Å²) in [5.74, 6) is -0.515. The molecule has 4 rings (SSSR count). The summed E-state index contributed by atoms with van der Waals surface area (Å²) in [6.45, 7) is 1.74. The van der Waals surface area contributed by atoms with Crippen LogP contribution < -0.4 is 5.32 Å². The Morgan fingerprint density at radius 1 is 1.32 bits per heavy atom. The molecule has 0 saturated heterocycles. The molecule has 2 heterocycles. The fourth-order valence-electron chi connectivity index (χ4n) is 3.00. The van der Waals surface area contributed by atoms with Crippen LogP contribution in [-0.4, -0.2) is 26.3 Å². The van der Waals surface area contributed by atoms with Crippen LogP contribution in [0.15, 0.2) is 24.3 Å². The third kappa shape index (κ3) is 3.05. The van der Waals surface area contributed by atoms with E-state index in [2.05, 4.69) is 20.7 Å². The van der Waals surface area contributed by atoms with E-state index in [4.69, 9.17) is 4.98 Å². The predicted molar refractivity (Wildman–Crippen MR) is 91.8 cm³/mol. The zero-order valence-electron chi connectivity index (χ0n) is 13.5. The molecule has 0 fully saturated rings. The summed E-state index contributed by atoms with van der Waals surface area (Å²) < 4.78 is 13.1. The topological polar surface area (TPSA) is 83.6 Å². The molecule has 0 radical (unpaired) electrons. The standard InChI is InChI=1S/C17H16FN5OS/c1-9-14(22-23-21-9)16(24)19-12-3-2-4-13-15(12)20-17(25-13)10-5-7-11(18)8-6-10/h5-8,12H,2-4H2,1H3,(H,19,24)(H,21,22,23). The minimum Gasteiger partial charge on any atom is -0.342 e. The molecule has 1 aliphatic carbocycles. The number of hydrogen-bond donors (Lipinski definition) is 2. The number of H-pyrrole nitrogens is 1. The Hall–Kier alpha value is -2.61. The SMILES string of the molecule is Cc1n[nH]nc1C(=O)NC1CCCc2sc(-c3ccc(F)cc3)nc21. The molecule has 3 aromatic rings. The van der Waals surface area contributed by atoms with Crippen molar-refractivity contribution < 1.29 is 9.18 Å². The number of rotatable bonds is 3. The number of halogens is 1. The van der Waals surface area contributed by atoms with Gasteiger partial charge in [-0.2, -0.15) is 15.4 Å². The van der Waals surface area contributed by atoms with Gasteiger partial charge < -0.3 is 5.32 Å². The maximum absolute atomic E-state index is 13.1. The first-order chi connectivity index (χ1) is 12.1. The first kappa shape index (κ1) is 15.9. The van der Waals surface area contributed by atoms with E-state index in [1.165, 1.54) is 17.0 Å². The number of aromatic amines is 1. The van der Waals surface area contributed by atoms with Crippen LogP contribution in [-0.2, 0) is 6.42 Å². The number of nitrogens with zero attached hydrogens (tertiary/aromatic N) is 3. The summed E-state index contributed by atoms with van der Waals surface area (Å²) in [6.07, 6.45) is 2.77. The largest absolute Gasteiger partial charge is 0.342 e. The van der Waals surface area contributed by atoms with Gasteiger partial charge in [-0.1, -0.05) is 0 Å². The summed E-state index contributed by atoms with van der Waals surface area (Å²) in [5, 5.41) is 14.1. The van der Waals surface area contributed by atoms with E-state index in [-0.39, 0.29) is 17.8 Å². The van der Waals surface area contributed by atoms with Crippen molar-refractivity contribution >= 4 is 17.2 Å². The Kier molecular flexibility index (Phi) is 4.04. The van der Waals surface area contributed by atoms with Gasteiger partial charge in [-0.3, -0.25) is 4.79 Å². The van der Waals surface area contributed by atoms with Crippen molar-refractivity contribution in [2.24, 2.45) is 0 Å². The van der Waals surface area contributed by atoms with E-state index < -0.39 is 0 Å². The summed E-state index contributed by atoms with van der Waals surface area (Å²) in [5.41, 5.74) is 2.67. The highest BCUT2D eigenvalue weighted by molar-refractivity contribution is 7.15. The van der Waals surface area contributed by atoms with E-state index in [1.54, 1.807) is 30.4 Å². The molecule has 1 amide bonds. The second kappa shape index (κ2) is 6.36. The van der Waals surface area contributed by atoms with Crippen molar-refractivity contribution in [2.75, 3.05) is 0 Å². The molecule has 6 nitrogen and oxygen atoms in total. The number of carbonyl (C=O) groups is 1. The van der Waals surface area contributed by atoms with Crippen molar-refractivity contribution in [3.05, 3.63) is 52.0 Å². The smallest absolute Gasteiger partial charge is 0.274 e. The number of thiazole rings is 1. The Morgan fingerprint density at radius 2 is 2.12 bits per heavy atom. The van der Waals surface area contributed by atoms with Gasteiger partial charge in [0, 0.05) is 10.4 Å². The van der Waals surface area contributed by atoms with E-state index in [0.717, 1.165) is 35.5 Å². The number of aryl methyl sites for hydroxylation is 2. The molecule has 8 heteroatoms. The van der Waals surface area contributed by atoms with E-state index in [9.17, 15) is 9.18 Å². The third-order valence-electron chi connectivity index (χ3n) is 4.29. The maximum Gasteiger partial charge on any atom is 0.274 e. The fourth-order valence-corrected chi connectivity index (χ4v) is 4.17. The van der Waals surface area contributed by atoms with Crippen LogP contribution in [0.4, 0.5) is 4.39 Å². The summed E-state index contributed by atoms with van der Waals surface area (Å²) in [4.78, 5) is 18.3. The predicted octanol–water partition coefficient (Wildman–Crippen LogP) is 3.18. The second-order valence-corrected chi connectivity index (χ2v) is 7.09. The highest BCUT2D eigenvalue weighted by Crippen LogP contribution is 2.37. The van der Waals surface area contributed by atoms with Crippen LogP contribution in [0.5, 0.6) is 0 Å². The van der Waals surface area contributed by atoms with Crippen molar-refractivity contribution in [1.29, 1.82) is 0 Å². The molecule has 0 aliphatic heterocycles. The maximum atomic E-state index is 13.1. The van der Waals surface area contributed by atoms with Crippen LogP contribution >= 0.6 is 11.3 Å². The van der Waals surface area contributed by atoms with Gasteiger partial charge in [0.1, 0.15) is 10.8 Å². The molecule has 25 heavy (non-hydrogen) atoms. The molecular weight excluding hydrogens is 341 g/mol. The summed E-state index contributed by atoms with van der Waals surface area (Å²) in [7, 11) is 0. The van der Waals surface area contributed by atoms with Gasteiger partial charge in [-0.25, -0.2) is 9.37 Å². The zero-order chi connectivity index (χ0) is 17.4. The molecule has 1 aromatic carbocycles. The summed E-state index contributed by atoms with van der Waals surface area (Å²) >= 11 is 1.61. The third-order valence-corrected chi connectivity index (χ3v) is 5.47. The number of aromatic nitrogens is 4. The van der Waals surface area contributed by atoms with Crippen molar-refractivity contribution in [3.63, 3.8) is 0 Å². The van der Waals surface area contributed by atoms with Crippen molar-refractivity contribution in [1.82, 2.24) is 25.7 Å². The van der Waals surface area contributed by atoms with Crippen LogP contribution in [0, 0.1) is 12.7 Å². The molecule has 0 bridgehead atoms. The van der Waals surface area contributed by atoms with Crippen LogP contribution in [0.1, 0.15) is 45.6 Å². The molecule has 1 unspecified atom stereocenters. The lowest BCUT2D eigenvalue weighted by atomic mass is 9.97. The normalized spacial score (nSPS) is 16.5. The van der Waals surface area contributed by atoms with Gasteiger partial charge >= 0.3 is 0 Å². The van der Waals surface area contributed by atoms with Crippen LogP contribution in [0.3, 0.4) is 0 Å². The molecule has 0 saturated carbocycles. The number of benzene rings is 1. The van der Waals surface area contributed by atoms with Crippen molar-refractivity contribution in [3.8, 4) is 10.6 Å². The van der Waals surface area contributed by atoms with Gasteiger partial charge in [-0.15, -0.1) is 11.3 Å². The Morgan fingerprint density at radius 3 is 2.84 bits per heavy atom. The number of hydrogen-bond acceptors (Lipinski definition) is 5. The van der Waals surface area contributed by atoms with Gasteiger partial charge in [0.15, 0.2) is 5.69 Å². The first-order valence-electron chi connectivity index (χ1n) is 8.05. The lowest BCUT2D eigenvalue weighted by molar-refractivity contribution is 0.0926. The highest BCUT2D eigenvalue weighted by Gasteiger charge is 2.27. The highest BCUT2D eigenvalue weighted by atomic mass is 32.1. The Balaban J connectivity index is 1.60. The molecule has 2 aromatic heterocycles. The average Bonchev–Trinajstić information content (AvgIpc) is 3.22.